The SMILES string of the molecule is C[C@@H]1CCOC(C)(O)[C@@]12C=CCC2. The third kappa shape index (κ3) is 1.16. The number of hydrogen-bond acceptors (Lipinski definition) is 2. The van der Waals surface area contributed by atoms with E-state index in [0.29, 0.717) is 12.5 Å². The molecular formula is C11H18O2. The van der Waals surface area contributed by atoms with E-state index in [-0.39, 0.29) is 5.41 Å². The Bertz CT molecular complexity index is 232. The van der Waals surface area contributed by atoms with Crippen LogP contribution in [0.15, 0.2) is 12.2 Å². The van der Waals surface area contributed by atoms with Crippen molar-refractivity contribution in [2.45, 2.75) is 38.9 Å². The van der Waals surface area contributed by atoms with Gasteiger partial charge < -0.3 is 9.84 Å². The van der Waals surface area contributed by atoms with Gasteiger partial charge in [-0.2, -0.15) is 0 Å². The lowest BCUT2D eigenvalue weighted by atomic mass is 9.67. The summed E-state index contributed by atoms with van der Waals surface area (Å²) in [5.74, 6) is -0.438. The minimum absolute atomic E-state index is 0.120. The molecule has 74 valence electrons. The summed E-state index contributed by atoms with van der Waals surface area (Å²) in [6.45, 7) is 4.70. The maximum atomic E-state index is 10.2. The lowest BCUT2D eigenvalue weighted by Gasteiger charge is -2.49. The maximum Gasteiger partial charge on any atom is 0.171 e. The minimum Gasteiger partial charge on any atom is -0.365 e. The molecule has 1 N–H and O–H groups in total. The first-order chi connectivity index (χ1) is 6.08. The van der Waals surface area contributed by atoms with Crippen molar-refractivity contribution in [1.29, 1.82) is 0 Å². The fourth-order valence-electron chi connectivity index (χ4n) is 2.78. The molecule has 1 heterocycles. The molecule has 1 fully saturated rings. The Morgan fingerprint density at radius 2 is 2.31 bits per heavy atom. The van der Waals surface area contributed by atoms with Gasteiger partial charge in [0, 0.05) is 5.41 Å². The van der Waals surface area contributed by atoms with Gasteiger partial charge >= 0.3 is 0 Å². The van der Waals surface area contributed by atoms with E-state index >= 15 is 0 Å². The van der Waals surface area contributed by atoms with E-state index in [0.717, 1.165) is 19.3 Å². The molecule has 13 heavy (non-hydrogen) atoms. The second-order valence-corrected chi connectivity index (χ2v) is 4.50. The van der Waals surface area contributed by atoms with Gasteiger partial charge in [-0.05, 0) is 32.1 Å². The summed E-state index contributed by atoms with van der Waals surface area (Å²) in [5.41, 5.74) is -0.120. The molecule has 1 saturated heterocycles. The Morgan fingerprint density at radius 1 is 1.54 bits per heavy atom. The van der Waals surface area contributed by atoms with E-state index in [4.69, 9.17) is 4.74 Å². The first-order valence-corrected chi connectivity index (χ1v) is 5.12. The zero-order valence-electron chi connectivity index (χ0n) is 8.42. The molecular weight excluding hydrogens is 164 g/mol. The molecule has 0 saturated carbocycles. The Hall–Kier alpha value is -0.340. The van der Waals surface area contributed by atoms with Crippen LogP contribution in [0.3, 0.4) is 0 Å². The topological polar surface area (TPSA) is 29.5 Å². The average molecular weight is 182 g/mol. The fourth-order valence-corrected chi connectivity index (χ4v) is 2.78. The molecule has 2 nitrogen and oxygen atoms in total. The van der Waals surface area contributed by atoms with E-state index in [9.17, 15) is 5.11 Å². The monoisotopic (exact) mass is 182 g/mol. The number of aliphatic hydroxyl groups is 1. The van der Waals surface area contributed by atoms with Gasteiger partial charge in [-0.3, -0.25) is 0 Å². The molecule has 0 bridgehead atoms. The van der Waals surface area contributed by atoms with Crippen LogP contribution in [-0.2, 0) is 4.74 Å². The lowest BCUT2D eigenvalue weighted by Crippen LogP contribution is -2.53. The molecule has 3 atom stereocenters. The molecule has 1 spiro atoms. The van der Waals surface area contributed by atoms with E-state index in [1.807, 2.05) is 0 Å². The van der Waals surface area contributed by atoms with E-state index in [1.54, 1.807) is 6.92 Å². The van der Waals surface area contributed by atoms with Gasteiger partial charge in [0.05, 0.1) is 6.61 Å². The summed E-state index contributed by atoms with van der Waals surface area (Å²) < 4.78 is 5.48. The summed E-state index contributed by atoms with van der Waals surface area (Å²) in [6.07, 6.45) is 7.49. The van der Waals surface area contributed by atoms with Crippen molar-refractivity contribution in [3.05, 3.63) is 12.2 Å². The first kappa shape index (κ1) is 9.22. The second-order valence-electron chi connectivity index (χ2n) is 4.50. The van der Waals surface area contributed by atoms with Gasteiger partial charge in [0.1, 0.15) is 0 Å². The molecule has 2 heteroatoms. The van der Waals surface area contributed by atoms with Crippen LogP contribution < -0.4 is 0 Å². The summed E-state index contributed by atoms with van der Waals surface area (Å²) in [7, 11) is 0. The molecule has 0 aromatic rings. The Morgan fingerprint density at radius 3 is 2.85 bits per heavy atom. The van der Waals surface area contributed by atoms with Gasteiger partial charge in [-0.25, -0.2) is 0 Å². The van der Waals surface area contributed by atoms with Crippen LogP contribution in [0.2, 0.25) is 0 Å². The highest BCUT2D eigenvalue weighted by Gasteiger charge is 2.53. The summed E-state index contributed by atoms with van der Waals surface area (Å²) in [5, 5.41) is 10.2. The van der Waals surface area contributed by atoms with Crippen LogP contribution in [0.4, 0.5) is 0 Å². The molecule has 0 aromatic heterocycles. The normalized spacial score (nSPS) is 50.2. The number of hydrogen-bond donors (Lipinski definition) is 1. The third-order valence-electron chi connectivity index (χ3n) is 3.82. The molecule has 2 rings (SSSR count). The Kier molecular flexibility index (Phi) is 2.00. The van der Waals surface area contributed by atoms with Gasteiger partial charge in [0.15, 0.2) is 5.79 Å². The summed E-state index contributed by atoms with van der Waals surface area (Å²) in [6, 6.07) is 0. The van der Waals surface area contributed by atoms with Crippen molar-refractivity contribution in [2.75, 3.05) is 6.61 Å². The average Bonchev–Trinajstić information content (AvgIpc) is 2.50. The van der Waals surface area contributed by atoms with E-state index in [2.05, 4.69) is 19.1 Å². The molecule has 0 radical (unpaired) electrons. The fraction of sp³-hybridized carbons (Fsp3) is 0.818. The Labute approximate surface area is 79.6 Å². The zero-order chi connectivity index (χ0) is 9.53. The third-order valence-corrected chi connectivity index (χ3v) is 3.82. The van der Waals surface area contributed by atoms with Crippen molar-refractivity contribution in [2.24, 2.45) is 11.3 Å². The van der Waals surface area contributed by atoms with Gasteiger partial charge in [0.25, 0.3) is 0 Å². The molecule has 1 unspecified atom stereocenters. The highest BCUT2D eigenvalue weighted by atomic mass is 16.6. The van der Waals surface area contributed by atoms with Gasteiger partial charge in [-0.15, -0.1) is 0 Å². The molecule has 0 aromatic carbocycles. The summed E-state index contributed by atoms with van der Waals surface area (Å²) >= 11 is 0. The van der Waals surface area contributed by atoms with Crippen LogP contribution in [0.25, 0.3) is 0 Å². The van der Waals surface area contributed by atoms with Crippen LogP contribution in [0, 0.1) is 11.3 Å². The quantitative estimate of drug-likeness (QED) is 0.581. The minimum atomic E-state index is -0.961. The largest absolute Gasteiger partial charge is 0.365 e. The van der Waals surface area contributed by atoms with Crippen LogP contribution in [0.5, 0.6) is 0 Å². The first-order valence-electron chi connectivity index (χ1n) is 5.12. The van der Waals surface area contributed by atoms with Crippen molar-refractivity contribution >= 4 is 0 Å². The van der Waals surface area contributed by atoms with Crippen LogP contribution in [0.1, 0.15) is 33.1 Å². The highest BCUT2D eigenvalue weighted by molar-refractivity contribution is 5.15. The number of allylic oxidation sites excluding steroid dienone is 1. The predicted molar refractivity (Wildman–Crippen MR) is 51.2 cm³/mol. The van der Waals surface area contributed by atoms with Crippen LogP contribution >= 0.6 is 0 Å². The smallest absolute Gasteiger partial charge is 0.171 e. The highest BCUT2D eigenvalue weighted by Crippen LogP contribution is 2.51. The zero-order valence-corrected chi connectivity index (χ0v) is 8.42. The maximum absolute atomic E-state index is 10.2. The molecule has 1 aliphatic heterocycles. The number of ether oxygens (including phenoxy) is 1. The molecule has 0 amide bonds. The van der Waals surface area contributed by atoms with Crippen molar-refractivity contribution in [3.63, 3.8) is 0 Å². The molecule has 1 aliphatic carbocycles. The van der Waals surface area contributed by atoms with E-state index < -0.39 is 5.79 Å². The van der Waals surface area contributed by atoms with Gasteiger partial charge in [-0.1, -0.05) is 19.1 Å². The van der Waals surface area contributed by atoms with Crippen LogP contribution in [-0.4, -0.2) is 17.5 Å². The van der Waals surface area contributed by atoms with Gasteiger partial charge in [0.2, 0.25) is 0 Å². The van der Waals surface area contributed by atoms with Crippen molar-refractivity contribution in [3.8, 4) is 0 Å². The Balaban J connectivity index is 2.34. The summed E-state index contributed by atoms with van der Waals surface area (Å²) in [4.78, 5) is 0. The number of rotatable bonds is 0. The van der Waals surface area contributed by atoms with Crippen molar-refractivity contribution < 1.29 is 9.84 Å². The molecule has 2 aliphatic rings. The van der Waals surface area contributed by atoms with Crippen molar-refractivity contribution in [1.82, 2.24) is 0 Å². The van der Waals surface area contributed by atoms with E-state index in [1.165, 1.54) is 0 Å². The predicted octanol–water partition coefficient (Wildman–Crippen LogP) is 2.09. The lowest BCUT2D eigenvalue weighted by molar-refractivity contribution is -0.285. The standard InChI is InChI=1S/C11H18O2/c1-9-5-8-13-10(2,12)11(9)6-3-4-7-11/h3,6,9,12H,4-5,7-8H2,1-2H3/t9-,10?,11-/m1/s1. The second kappa shape index (κ2) is 2.82.